The molecule has 18 heavy (non-hydrogen) atoms. The molecule has 0 amide bonds. The summed E-state index contributed by atoms with van der Waals surface area (Å²) in [4.78, 5) is 2.61. The lowest BCUT2D eigenvalue weighted by atomic mass is 10.1. The van der Waals surface area contributed by atoms with Gasteiger partial charge in [-0.3, -0.25) is 4.90 Å². The average molecular weight is 311 g/mol. The number of rotatable bonds is 3. The van der Waals surface area contributed by atoms with Crippen LogP contribution in [0.2, 0.25) is 0 Å². The van der Waals surface area contributed by atoms with E-state index in [1.54, 1.807) is 0 Å². The number of likely N-dealkylation sites (tertiary alicyclic amines) is 1. The summed E-state index contributed by atoms with van der Waals surface area (Å²) in [7, 11) is 0. The molecule has 0 radical (unpaired) electrons. The minimum Gasteiger partial charge on any atom is -0.398 e. The highest BCUT2D eigenvalue weighted by Gasteiger charge is 2.20. The SMILES string of the molecule is CCC1CCCCCN1Cc1c(N)cccc1Br. The number of anilines is 1. The first-order chi connectivity index (χ1) is 8.72. The average Bonchev–Trinajstić information content (AvgIpc) is 2.59. The molecule has 1 aliphatic rings. The van der Waals surface area contributed by atoms with Crippen molar-refractivity contribution in [2.75, 3.05) is 12.3 Å². The van der Waals surface area contributed by atoms with E-state index < -0.39 is 0 Å². The molecule has 1 aliphatic heterocycles. The lowest BCUT2D eigenvalue weighted by Crippen LogP contribution is -2.34. The van der Waals surface area contributed by atoms with Crippen LogP contribution in [-0.4, -0.2) is 17.5 Å². The summed E-state index contributed by atoms with van der Waals surface area (Å²) >= 11 is 3.63. The van der Waals surface area contributed by atoms with Crippen molar-refractivity contribution >= 4 is 21.6 Å². The van der Waals surface area contributed by atoms with Crippen molar-refractivity contribution in [1.29, 1.82) is 0 Å². The van der Waals surface area contributed by atoms with E-state index in [9.17, 15) is 0 Å². The Labute approximate surface area is 119 Å². The number of nitrogens with two attached hydrogens (primary N) is 1. The Kier molecular flexibility index (Phi) is 5.07. The predicted molar refractivity (Wildman–Crippen MR) is 81.5 cm³/mol. The molecule has 1 heterocycles. The highest BCUT2D eigenvalue weighted by atomic mass is 79.9. The summed E-state index contributed by atoms with van der Waals surface area (Å²) in [6.07, 6.45) is 6.64. The van der Waals surface area contributed by atoms with Crippen molar-refractivity contribution in [3.63, 3.8) is 0 Å². The maximum atomic E-state index is 6.11. The van der Waals surface area contributed by atoms with Crippen LogP contribution in [0, 0.1) is 0 Å². The Hall–Kier alpha value is -0.540. The summed E-state index contributed by atoms with van der Waals surface area (Å²) in [5, 5.41) is 0. The van der Waals surface area contributed by atoms with E-state index in [1.807, 2.05) is 12.1 Å². The van der Waals surface area contributed by atoms with Crippen molar-refractivity contribution in [3.05, 3.63) is 28.2 Å². The minimum atomic E-state index is 0.721. The molecule has 1 aromatic carbocycles. The summed E-state index contributed by atoms with van der Waals surface area (Å²) < 4.78 is 1.14. The first-order valence-electron chi connectivity index (χ1n) is 6.99. The topological polar surface area (TPSA) is 29.3 Å². The van der Waals surface area contributed by atoms with E-state index in [1.165, 1.54) is 44.2 Å². The molecule has 0 aliphatic carbocycles. The quantitative estimate of drug-likeness (QED) is 0.848. The van der Waals surface area contributed by atoms with E-state index in [0.717, 1.165) is 22.7 Å². The van der Waals surface area contributed by atoms with Crippen molar-refractivity contribution in [2.24, 2.45) is 0 Å². The van der Waals surface area contributed by atoms with Crippen LogP contribution in [0.5, 0.6) is 0 Å². The molecule has 100 valence electrons. The third kappa shape index (κ3) is 3.27. The molecule has 1 unspecified atom stereocenters. The molecule has 1 saturated heterocycles. The Morgan fingerprint density at radius 3 is 2.89 bits per heavy atom. The van der Waals surface area contributed by atoms with Gasteiger partial charge in [-0.2, -0.15) is 0 Å². The number of hydrogen-bond acceptors (Lipinski definition) is 2. The lowest BCUT2D eigenvalue weighted by molar-refractivity contribution is 0.186. The monoisotopic (exact) mass is 310 g/mol. The number of halogens is 1. The second kappa shape index (κ2) is 6.58. The standard InChI is InChI=1S/C15H23BrN2/c1-2-12-7-4-3-5-10-18(12)11-13-14(16)8-6-9-15(13)17/h6,8-9,12H,2-5,7,10-11,17H2,1H3. The van der Waals surface area contributed by atoms with Gasteiger partial charge in [0.25, 0.3) is 0 Å². The fraction of sp³-hybridized carbons (Fsp3) is 0.600. The molecule has 2 nitrogen and oxygen atoms in total. The third-order valence-electron chi connectivity index (χ3n) is 3.99. The third-order valence-corrected chi connectivity index (χ3v) is 4.73. The van der Waals surface area contributed by atoms with E-state index in [4.69, 9.17) is 5.73 Å². The smallest absolute Gasteiger partial charge is 0.0371 e. The molecule has 0 saturated carbocycles. The molecule has 3 heteroatoms. The van der Waals surface area contributed by atoms with Crippen LogP contribution in [0.25, 0.3) is 0 Å². The van der Waals surface area contributed by atoms with Gasteiger partial charge in [0.15, 0.2) is 0 Å². The first kappa shape index (κ1) is 13.9. The van der Waals surface area contributed by atoms with Gasteiger partial charge in [0.05, 0.1) is 0 Å². The molecular formula is C15H23BrN2. The molecule has 1 fully saturated rings. The molecule has 0 bridgehead atoms. The highest BCUT2D eigenvalue weighted by Crippen LogP contribution is 2.27. The van der Waals surface area contributed by atoms with Gasteiger partial charge in [-0.1, -0.05) is 41.8 Å². The molecule has 0 aromatic heterocycles. The highest BCUT2D eigenvalue weighted by molar-refractivity contribution is 9.10. The Balaban J connectivity index is 2.15. The number of nitrogens with zero attached hydrogens (tertiary/aromatic N) is 1. The Morgan fingerprint density at radius 1 is 1.33 bits per heavy atom. The molecule has 0 spiro atoms. The molecular weight excluding hydrogens is 288 g/mol. The number of nitrogen functional groups attached to an aromatic ring is 1. The van der Waals surface area contributed by atoms with Gasteiger partial charge < -0.3 is 5.73 Å². The van der Waals surface area contributed by atoms with Crippen molar-refractivity contribution in [3.8, 4) is 0 Å². The van der Waals surface area contributed by atoms with E-state index in [-0.39, 0.29) is 0 Å². The predicted octanol–water partition coefficient (Wildman–Crippen LogP) is 4.19. The summed E-state index contributed by atoms with van der Waals surface area (Å²) in [5.41, 5.74) is 8.26. The number of hydrogen-bond donors (Lipinski definition) is 1. The second-order valence-electron chi connectivity index (χ2n) is 5.19. The van der Waals surface area contributed by atoms with Crippen LogP contribution in [0.15, 0.2) is 22.7 Å². The van der Waals surface area contributed by atoms with Gasteiger partial charge in [0.1, 0.15) is 0 Å². The van der Waals surface area contributed by atoms with Crippen molar-refractivity contribution in [2.45, 2.75) is 51.6 Å². The molecule has 1 atom stereocenters. The fourth-order valence-corrected chi connectivity index (χ4v) is 3.36. The zero-order valence-electron chi connectivity index (χ0n) is 11.2. The zero-order valence-corrected chi connectivity index (χ0v) is 12.7. The van der Waals surface area contributed by atoms with E-state index in [0.29, 0.717) is 0 Å². The molecule has 2 N–H and O–H groups in total. The normalized spacial score (nSPS) is 21.8. The van der Waals surface area contributed by atoms with Crippen LogP contribution in [0.4, 0.5) is 5.69 Å². The van der Waals surface area contributed by atoms with Gasteiger partial charge in [0.2, 0.25) is 0 Å². The van der Waals surface area contributed by atoms with Gasteiger partial charge in [-0.25, -0.2) is 0 Å². The zero-order chi connectivity index (χ0) is 13.0. The Bertz CT molecular complexity index is 372. The second-order valence-corrected chi connectivity index (χ2v) is 6.04. The minimum absolute atomic E-state index is 0.721. The van der Waals surface area contributed by atoms with Crippen LogP contribution >= 0.6 is 15.9 Å². The van der Waals surface area contributed by atoms with Gasteiger partial charge >= 0.3 is 0 Å². The summed E-state index contributed by atoms with van der Waals surface area (Å²) in [6, 6.07) is 6.81. The van der Waals surface area contributed by atoms with Crippen LogP contribution in [-0.2, 0) is 6.54 Å². The number of benzene rings is 1. The van der Waals surface area contributed by atoms with Gasteiger partial charge in [-0.15, -0.1) is 0 Å². The largest absolute Gasteiger partial charge is 0.398 e. The van der Waals surface area contributed by atoms with Crippen LogP contribution < -0.4 is 5.73 Å². The first-order valence-corrected chi connectivity index (χ1v) is 7.78. The molecule has 2 rings (SSSR count). The fourth-order valence-electron chi connectivity index (χ4n) is 2.85. The van der Waals surface area contributed by atoms with E-state index in [2.05, 4.69) is 33.8 Å². The maximum Gasteiger partial charge on any atom is 0.0371 e. The maximum absolute atomic E-state index is 6.11. The van der Waals surface area contributed by atoms with Gasteiger partial charge in [-0.05, 0) is 37.9 Å². The molecule has 1 aromatic rings. The van der Waals surface area contributed by atoms with Crippen LogP contribution in [0.3, 0.4) is 0 Å². The van der Waals surface area contributed by atoms with Crippen molar-refractivity contribution in [1.82, 2.24) is 4.90 Å². The summed E-state index contributed by atoms with van der Waals surface area (Å²) in [6.45, 7) is 4.48. The van der Waals surface area contributed by atoms with Gasteiger partial charge in [0, 0.05) is 28.3 Å². The van der Waals surface area contributed by atoms with E-state index >= 15 is 0 Å². The van der Waals surface area contributed by atoms with Crippen molar-refractivity contribution < 1.29 is 0 Å². The summed E-state index contributed by atoms with van der Waals surface area (Å²) in [5.74, 6) is 0. The Morgan fingerprint density at radius 2 is 2.17 bits per heavy atom. The lowest BCUT2D eigenvalue weighted by Gasteiger charge is -2.30. The van der Waals surface area contributed by atoms with Crippen LogP contribution in [0.1, 0.15) is 44.6 Å².